The standard InChI is InChI=1S/C21H22FN3O4/c1-3-6-15-11-14(12-18(29-2)20(15)27)13-24-25-19(26)9-10-23-21(28)16-7-4-5-8-17(16)22/h3-5,7-8,11-13,27H,1,6,9-10H2,2H3,(H,23,28)(H,25,26). The second-order valence-electron chi connectivity index (χ2n) is 6.00. The highest BCUT2D eigenvalue weighted by atomic mass is 19.1. The number of phenolic OH excluding ortho intramolecular Hbond substituents is 1. The van der Waals surface area contributed by atoms with Gasteiger partial charge in [-0.25, -0.2) is 9.82 Å². The molecule has 152 valence electrons. The van der Waals surface area contributed by atoms with Crippen LogP contribution in [-0.4, -0.2) is 36.8 Å². The highest BCUT2D eigenvalue weighted by Crippen LogP contribution is 2.31. The number of methoxy groups -OCH3 is 1. The lowest BCUT2D eigenvalue weighted by molar-refractivity contribution is -0.120. The molecule has 0 radical (unpaired) electrons. The van der Waals surface area contributed by atoms with E-state index < -0.39 is 17.6 Å². The van der Waals surface area contributed by atoms with E-state index in [9.17, 15) is 19.1 Å². The van der Waals surface area contributed by atoms with Gasteiger partial charge in [0.15, 0.2) is 11.5 Å². The summed E-state index contributed by atoms with van der Waals surface area (Å²) in [7, 11) is 1.44. The zero-order chi connectivity index (χ0) is 21.2. The normalized spacial score (nSPS) is 10.6. The molecule has 0 unspecified atom stereocenters. The van der Waals surface area contributed by atoms with Crippen molar-refractivity contribution in [1.82, 2.24) is 10.7 Å². The van der Waals surface area contributed by atoms with Crippen molar-refractivity contribution in [3.05, 3.63) is 71.6 Å². The lowest BCUT2D eigenvalue weighted by Crippen LogP contribution is -2.29. The van der Waals surface area contributed by atoms with Crippen molar-refractivity contribution in [1.29, 1.82) is 0 Å². The van der Waals surface area contributed by atoms with Gasteiger partial charge >= 0.3 is 0 Å². The number of hydrazone groups is 1. The lowest BCUT2D eigenvalue weighted by Gasteiger charge is -2.09. The first kappa shape index (κ1) is 21.6. The van der Waals surface area contributed by atoms with E-state index in [1.165, 1.54) is 31.5 Å². The lowest BCUT2D eigenvalue weighted by atomic mass is 10.1. The highest BCUT2D eigenvalue weighted by Gasteiger charge is 2.11. The molecule has 0 aromatic heterocycles. The van der Waals surface area contributed by atoms with Gasteiger partial charge in [0.25, 0.3) is 5.91 Å². The first-order valence-electron chi connectivity index (χ1n) is 8.81. The third-order valence-electron chi connectivity index (χ3n) is 3.92. The summed E-state index contributed by atoms with van der Waals surface area (Å²) in [6.07, 6.45) is 3.47. The van der Waals surface area contributed by atoms with E-state index in [-0.39, 0.29) is 30.0 Å². The number of benzene rings is 2. The van der Waals surface area contributed by atoms with Crippen molar-refractivity contribution < 1.29 is 23.8 Å². The molecule has 8 heteroatoms. The number of hydrogen-bond acceptors (Lipinski definition) is 5. The number of phenols is 1. The number of nitrogens with zero attached hydrogens (tertiary/aromatic N) is 1. The van der Waals surface area contributed by atoms with E-state index in [4.69, 9.17) is 4.74 Å². The van der Waals surface area contributed by atoms with Gasteiger partial charge in [-0.15, -0.1) is 6.58 Å². The zero-order valence-electron chi connectivity index (χ0n) is 15.9. The number of hydrogen-bond donors (Lipinski definition) is 3. The van der Waals surface area contributed by atoms with Crippen LogP contribution in [-0.2, 0) is 11.2 Å². The van der Waals surface area contributed by atoms with Crippen molar-refractivity contribution in [3.8, 4) is 11.5 Å². The maximum Gasteiger partial charge on any atom is 0.254 e. The molecule has 2 aromatic carbocycles. The van der Waals surface area contributed by atoms with Crippen molar-refractivity contribution in [2.45, 2.75) is 12.8 Å². The summed E-state index contributed by atoms with van der Waals surface area (Å²) < 4.78 is 18.6. The second kappa shape index (κ2) is 10.6. The Morgan fingerprint density at radius 3 is 2.76 bits per heavy atom. The molecule has 7 nitrogen and oxygen atoms in total. The van der Waals surface area contributed by atoms with Crippen LogP contribution in [0.4, 0.5) is 4.39 Å². The van der Waals surface area contributed by atoms with Crippen LogP contribution >= 0.6 is 0 Å². The predicted molar refractivity (Wildman–Crippen MR) is 108 cm³/mol. The maximum atomic E-state index is 13.5. The third kappa shape index (κ3) is 6.17. The number of rotatable bonds is 9. The van der Waals surface area contributed by atoms with Gasteiger partial charge in [-0.3, -0.25) is 9.59 Å². The van der Waals surface area contributed by atoms with Gasteiger partial charge in [0.05, 0.1) is 18.9 Å². The molecule has 0 fully saturated rings. The molecular weight excluding hydrogens is 377 g/mol. The van der Waals surface area contributed by atoms with Gasteiger partial charge in [-0.1, -0.05) is 18.2 Å². The van der Waals surface area contributed by atoms with Crippen LogP contribution in [0.3, 0.4) is 0 Å². The van der Waals surface area contributed by atoms with Crippen molar-refractivity contribution in [2.75, 3.05) is 13.7 Å². The zero-order valence-corrected chi connectivity index (χ0v) is 15.9. The quantitative estimate of drug-likeness (QED) is 0.343. The van der Waals surface area contributed by atoms with E-state index in [0.717, 1.165) is 0 Å². The van der Waals surface area contributed by atoms with Gasteiger partial charge in [0.2, 0.25) is 5.91 Å². The number of aromatic hydroxyl groups is 1. The summed E-state index contributed by atoms with van der Waals surface area (Å²) in [5, 5.41) is 16.4. The van der Waals surface area contributed by atoms with Crippen molar-refractivity contribution in [3.63, 3.8) is 0 Å². The maximum absolute atomic E-state index is 13.5. The molecule has 2 rings (SSSR count). The van der Waals surface area contributed by atoms with Crippen molar-refractivity contribution in [2.24, 2.45) is 5.10 Å². The summed E-state index contributed by atoms with van der Waals surface area (Å²) in [5.41, 5.74) is 3.49. The van der Waals surface area contributed by atoms with Crippen molar-refractivity contribution >= 4 is 18.0 Å². The molecule has 0 spiro atoms. The first-order chi connectivity index (χ1) is 14.0. The fourth-order valence-corrected chi connectivity index (χ4v) is 2.50. The summed E-state index contributed by atoms with van der Waals surface area (Å²) in [6.45, 7) is 3.67. The van der Waals surface area contributed by atoms with E-state index in [2.05, 4.69) is 22.4 Å². The molecular formula is C21H22FN3O4. The fourth-order valence-electron chi connectivity index (χ4n) is 2.50. The van der Waals surface area contributed by atoms with Crippen LogP contribution in [0, 0.1) is 5.82 Å². The smallest absolute Gasteiger partial charge is 0.254 e. The summed E-state index contributed by atoms with van der Waals surface area (Å²) in [5.74, 6) is -1.33. The van der Waals surface area contributed by atoms with E-state index in [1.807, 2.05) is 0 Å². The van der Waals surface area contributed by atoms with Crippen LogP contribution in [0.5, 0.6) is 11.5 Å². The van der Waals surface area contributed by atoms with E-state index in [1.54, 1.807) is 24.3 Å². The molecule has 2 amide bonds. The Morgan fingerprint density at radius 2 is 2.07 bits per heavy atom. The predicted octanol–water partition coefficient (Wildman–Crippen LogP) is 2.54. The SMILES string of the molecule is C=CCc1cc(C=NNC(=O)CCNC(=O)c2ccccc2F)cc(OC)c1O. The number of amides is 2. The Kier molecular flexibility index (Phi) is 7.90. The van der Waals surface area contributed by atoms with Gasteiger partial charge < -0.3 is 15.2 Å². The Bertz CT molecular complexity index is 928. The van der Waals surface area contributed by atoms with E-state index >= 15 is 0 Å². The molecule has 0 saturated carbocycles. The minimum absolute atomic E-state index is 0.0270. The first-order valence-corrected chi connectivity index (χ1v) is 8.81. The molecule has 0 bridgehead atoms. The summed E-state index contributed by atoms with van der Waals surface area (Å²) >= 11 is 0. The van der Waals surface area contributed by atoms with Gasteiger partial charge in [-0.05, 0) is 36.2 Å². The molecule has 0 aliphatic heterocycles. The Morgan fingerprint density at radius 1 is 1.31 bits per heavy atom. The van der Waals surface area contributed by atoms with Crippen LogP contribution in [0.25, 0.3) is 0 Å². The number of nitrogens with one attached hydrogen (secondary N) is 2. The molecule has 0 atom stereocenters. The molecule has 3 N–H and O–H groups in total. The number of carbonyl (C=O) groups is 2. The molecule has 0 aliphatic rings. The average molecular weight is 399 g/mol. The van der Waals surface area contributed by atoms with Gasteiger partial charge in [0, 0.05) is 18.5 Å². The molecule has 29 heavy (non-hydrogen) atoms. The molecule has 0 saturated heterocycles. The third-order valence-corrected chi connectivity index (χ3v) is 3.92. The summed E-state index contributed by atoms with van der Waals surface area (Å²) in [4.78, 5) is 23.7. The Balaban J connectivity index is 1.86. The van der Waals surface area contributed by atoms with Crippen LogP contribution in [0.1, 0.15) is 27.9 Å². The highest BCUT2D eigenvalue weighted by molar-refractivity contribution is 5.94. The molecule has 0 aliphatic carbocycles. The average Bonchev–Trinajstić information content (AvgIpc) is 2.70. The Hall–Kier alpha value is -3.68. The van der Waals surface area contributed by atoms with Crippen LogP contribution in [0.15, 0.2) is 54.2 Å². The molecule has 2 aromatic rings. The van der Waals surface area contributed by atoms with Gasteiger partial charge in [0.1, 0.15) is 5.82 Å². The largest absolute Gasteiger partial charge is 0.504 e. The second-order valence-corrected chi connectivity index (χ2v) is 6.00. The van der Waals surface area contributed by atoms with Crippen LogP contribution < -0.4 is 15.5 Å². The summed E-state index contributed by atoms with van der Waals surface area (Å²) in [6, 6.07) is 8.87. The fraction of sp³-hybridized carbons (Fsp3) is 0.190. The molecule has 0 heterocycles. The number of carbonyl (C=O) groups excluding carboxylic acids is 2. The number of ether oxygens (including phenoxy) is 1. The Labute approximate surface area is 167 Å². The van der Waals surface area contributed by atoms with Gasteiger partial charge in [-0.2, -0.15) is 5.10 Å². The number of allylic oxidation sites excluding steroid dienone is 1. The van der Waals surface area contributed by atoms with Crippen LogP contribution in [0.2, 0.25) is 0 Å². The number of halogens is 1. The minimum atomic E-state index is -0.626. The monoisotopic (exact) mass is 399 g/mol. The minimum Gasteiger partial charge on any atom is -0.504 e. The topological polar surface area (TPSA) is 100 Å². The van der Waals surface area contributed by atoms with E-state index in [0.29, 0.717) is 17.5 Å².